The first-order valence-electron chi connectivity index (χ1n) is 21.5. The highest BCUT2D eigenvalue weighted by molar-refractivity contribution is 7.47. The van der Waals surface area contributed by atoms with Crippen LogP contribution in [0.5, 0.6) is 0 Å². The lowest BCUT2D eigenvalue weighted by Gasteiger charge is -2.24. The smallest absolute Gasteiger partial charge is 0.462 e. The van der Waals surface area contributed by atoms with Gasteiger partial charge in [0.05, 0.1) is 33.9 Å². The average molecular weight is 799 g/mol. The molecule has 3 atom stereocenters. The highest BCUT2D eigenvalue weighted by Crippen LogP contribution is 2.43. The second-order valence-corrected chi connectivity index (χ2v) is 17.0. The molecule has 0 fully saturated rings. The van der Waals surface area contributed by atoms with Crippen molar-refractivity contribution in [3.63, 3.8) is 0 Å². The summed E-state index contributed by atoms with van der Waals surface area (Å²) in [5, 5.41) is 10.0. The summed E-state index contributed by atoms with van der Waals surface area (Å²) in [6.45, 7) is 4.22. The Kier molecular flexibility index (Phi) is 34.9. The molecule has 0 radical (unpaired) electrons. The molecule has 2 N–H and O–H groups in total. The van der Waals surface area contributed by atoms with E-state index in [9.17, 15) is 24.2 Å². The van der Waals surface area contributed by atoms with Crippen LogP contribution < -0.4 is 0 Å². The van der Waals surface area contributed by atoms with E-state index in [4.69, 9.17) is 18.5 Å². The first-order chi connectivity index (χ1) is 26.4. The Hall–Kier alpha value is -2.07. The van der Waals surface area contributed by atoms with Crippen LogP contribution in [-0.4, -0.2) is 86.1 Å². The van der Waals surface area contributed by atoms with Gasteiger partial charge in [-0.2, -0.15) is 0 Å². The fourth-order valence-corrected chi connectivity index (χ4v) is 6.24. The molecule has 0 spiro atoms. The molecule has 0 aliphatic rings. The predicted molar refractivity (Wildman–Crippen MR) is 226 cm³/mol. The van der Waals surface area contributed by atoms with E-state index in [1.165, 1.54) is 83.5 Å². The molecule has 10 nitrogen and oxygen atoms in total. The van der Waals surface area contributed by atoms with E-state index in [1.807, 2.05) is 57.6 Å². The Balaban J connectivity index is 4.55. The van der Waals surface area contributed by atoms with Crippen molar-refractivity contribution in [3.05, 3.63) is 48.6 Å². The number of carbonyl (C=O) groups is 2. The van der Waals surface area contributed by atoms with Gasteiger partial charge in [0.15, 0.2) is 6.10 Å². The zero-order valence-electron chi connectivity index (χ0n) is 35.5. The Morgan fingerprint density at radius 2 is 1.22 bits per heavy atom. The number of hydrogen-bond acceptors (Lipinski definition) is 8. The van der Waals surface area contributed by atoms with Gasteiger partial charge >= 0.3 is 19.8 Å². The van der Waals surface area contributed by atoms with Gasteiger partial charge in [-0.25, -0.2) is 4.57 Å². The Morgan fingerprint density at radius 1 is 0.655 bits per heavy atom. The normalized spacial score (nSPS) is 14.7. The molecular formula is C44H81NO9P+. The number of unbranched alkanes of at least 4 members (excludes halogenated alkanes) is 16. The van der Waals surface area contributed by atoms with Crippen LogP contribution in [0.1, 0.15) is 162 Å². The van der Waals surface area contributed by atoms with E-state index in [-0.39, 0.29) is 26.1 Å². The van der Waals surface area contributed by atoms with Crippen LogP contribution in [0.4, 0.5) is 0 Å². The summed E-state index contributed by atoms with van der Waals surface area (Å²) in [6, 6.07) is 0. The van der Waals surface area contributed by atoms with Crippen LogP contribution in [0, 0.1) is 0 Å². The molecule has 0 heterocycles. The van der Waals surface area contributed by atoms with Crippen LogP contribution in [0.25, 0.3) is 0 Å². The molecular weight excluding hydrogens is 717 g/mol. The van der Waals surface area contributed by atoms with Crippen molar-refractivity contribution in [3.8, 4) is 0 Å². The Morgan fingerprint density at radius 3 is 1.85 bits per heavy atom. The number of aliphatic hydroxyl groups is 1. The van der Waals surface area contributed by atoms with Crippen LogP contribution in [-0.2, 0) is 32.7 Å². The molecule has 0 rings (SSSR count). The molecule has 0 amide bonds. The maximum absolute atomic E-state index is 12.7. The van der Waals surface area contributed by atoms with Crippen LogP contribution >= 0.6 is 7.82 Å². The van der Waals surface area contributed by atoms with E-state index < -0.39 is 38.6 Å². The van der Waals surface area contributed by atoms with Gasteiger partial charge in [0, 0.05) is 12.8 Å². The van der Waals surface area contributed by atoms with Gasteiger partial charge in [-0.3, -0.25) is 18.6 Å². The summed E-state index contributed by atoms with van der Waals surface area (Å²) in [5.74, 6) is -0.903. The summed E-state index contributed by atoms with van der Waals surface area (Å²) < 4.78 is 34.1. The fourth-order valence-electron chi connectivity index (χ4n) is 5.50. The van der Waals surface area contributed by atoms with Gasteiger partial charge in [0.2, 0.25) is 0 Å². The third-order valence-electron chi connectivity index (χ3n) is 8.94. The maximum Gasteiger partial charge on any atom is 0.472 e. The SMILES string of the molecule is CCCCCC=CCC(O)C=CC=CCC=CCCCC(=O)O[C@H](COC(=O)CCCCCCCCCCCCCCC)COP(=O)(O)OCC[N+](C)(C)C. The minimum atomic E-state index is -4.40. The number of allylic oxidation sites excluding steroid dienone is 6. The third-order valence-corrected chi connectivity index (χ3v) is 9.93. The van der Waals surface area contributed by atoms with Crippen molar-refractivity contribution in [1.82, 2.24) is 0 Å². The summed E-state index contributed by atoms with van der Waals surface area (Å²) in [5.41, 5.74) is 0. The van der Waals surface area contributed by atoms with E-state index in [0.29, 0.717) is 30.3 Å². The fraction of sp³-hybridized carbons (Fsp3) is 0.773. The second kappa shape index (κ2) is 36.3. The summed E-state index contributed by atoms with van der Waals surface area (Å²) in [4.78, 5) is 35.3. The number of aliphatic hydroxyl groups excluding tert-OH is 1. The van der Waals surface area contributed by atoms with E-state index >= 15 is 0 Å². The number of phosphoric ester groups is 1. The van der Waals surface area contributed by atoms with E-state index in [1.54, 1.807) is 6.08 Å². The first-order valence-corrected chi connectivity index (χ1v) is 23.0. The van der Waals surface area contributed by atoms with Crippen molar-refractivity contribution in [2.24, 2.45) is 0 Å². The minimum Gasteiger partial charge on any atom is -0.462 e. The summed E-state index contributed by atoms with van der Waals surface area (Å²) in [7, 11) is 1.40. The van der Waals surface area contributed by atoms with Crippen molar-refractivity contribution in [1.29, 1.82) is 0 Å². The standard InChI is InChI=1S/C44H80NO9P/c1-6-8-10-12-14-15-16-17-18-19-23-27-31-35-43(47)51-39-42(40-53-55(49,50)52-38-37-45(3,4)5)54-44(48)36-32-28-24-21-20-22-26-30-34-41(46)33-29-25-13-11-9-7-2/h21-22,24-26,29-30,34,41-42,46H,6-20,23,27-28,31-33,35-40H2,1-5H3/p+1/t41?,42-/m1/s1. The number of hydrogen-bond donors (Lipinski definition) is 2. The first kappa shape index (κ1) is 52.9. The monoisotopic (exact) mass is 799 g/mol. The molecule has 0 aromatic carbocycles. The van der Waals surface area contributed by atoms with Crippen LogP contribution in [0.2, 0.25) is 0 Å². The molecule has 0 bridgehead atoms. The number of ether oxygens (including phenoxy) is 2. The van der Waals surface area contributed by atoms with Gasteiger partial charge in [-0.1, -0.05) is 152 Å². The summed E-state index contributed by atoms with van der Waals surface area (Å²) in [6.07, 6.45) is 37.6. The van der Waals surface area contributed by atoms with Crippen LogP contribution in [0.3, 0.4) is 0 Å². The largest absolute Gasteiger partial charge is 0.472 e. The quantitative estimate of drug-likeness (QED) is 0.0157. The lowest BCUT2D eigenvalue weighted by molar-refractivity contribution is -0.870. The number of phosphoric acid groups is 1. The number of carbonyl (C=O) groups excluding carboxylic acids is 2. The van der Waals surface area contributed by atoms with Gasteiger partial charge in [0.25, 0.3) is 0 Å². The lowest BCUT2D eigenvalue weighted by atomic mass is 10.0. The topological polar surface area (TPSA) is 129 Å². The molecule has 0 aromatic rings. The Labute approximate surface area is 336 Å². The number of likely N-dealkylation sites (N-methyl/N-ethyl adjacent to an activating group) is 1. The van der Waals surface area contributed by atoms with E-state index in [0.717, 1.165) is 32.1 Å². The molecule has 11 heteroatoms. The van der Waals surface area contributed by atoms with Crippen LogP contribution in [0.15, 0.2) is 48.6 Å². The predicted octanol–water partition coefficient (Wildman–Crippen LogP) is 10.9. The zero-order valence-corrected chi connectivity index (χ0v) is 36.4. The second-order valence-electron chi connectivity index (χ2n) is 15.6. The molecule has 0 aliphatic carbocycles. The third kappa shape index (κ3) is 39.9. The Bertz CT molecular complexity index is 1100. The van der Waals surface area contributed by atoms with Gasteiger partial charge < -0.3 is 24.0 Å². The molecule has 2 unspecified atom stereocenters. The zero-order chi connectivity index (χ0) is 40.9. The average Bonchev–Trinajstić information content (AvgIpc) is 3.13. The van der Waals surface area contributed by atoms with Crippen molar-refractivity contribution < 1.29 is 47.2 Å². The molecule has 55 heavy (non-hydrogen) atoms. The van der Waals surface area contributed by atoms with Crippen molar-refractivity contribution >= 4 is 19.8 Å². The number of rotatable bonds is 38. The highest BCUT2D eigenvalue weighted by atomic mass is 31.2. The van der Waals surface area contributed by atoms with Gasteiger partial charge in [0.1, 0.15) is 19.8 Å². The van der Waals surface area contributed by atoms with Gasteiger partial charge in [-0.05, 0) is 44.9 Å². The van der Waals surface area contributed by atoms with E-state index in [2.05, 4.69) is 19.9 Å². The molecule has 0 aromatic heterocycles. The van der Waals surface area contributed by atoms with Gasteiger partial charge in [-0.15, -0.1) is 0 Å². The molecule has 0 aliphatic heterocycles. The minimum absolute atomic E-state index is 0.0100. The van der Waals surface area contributed by atoms with Crippen molar-refractivity contribution in [2.45, 2.75) is 174 Å². The number of esters is 2. The lowest BCUT2D eigenvalue weighted by Crippen LogP contribution is -2.37. The molecule has 0 saturated carbocycles. The highest BCUT2D eigenvalue weighted by Gasteiger charge is 2.27. The number of quaternary nitrogens is 1. The molecule has 320 valence electrons. The maximum atomic E-state index is 12.7. The molecule has 0 saturated heterocycles. The summed E-state index contributed by atoms with van der Waals surface area (Å²) >= 11 is 0. The van der Waals surface area contributed by atoms with Crippen molar-refractivity contribution in [2.75, 3.05) is 47.5 Å². The number of nitrogens with zero attached hydrogens (tertiary/aromatic N) is 1.